The molecule has 1 saturated carbocycles. The first-order chi connectivity index (χ1) is 9.00. The zero-order chi connectivity index (χ0) is 14.0. The summed E-state index contributed by atoms with van der Waals surface area (Å²) in [5, 5.41) is 15.7. The zero-order valence-corrected chi connectivity index (χ0v) is 12.2. The second-order valence-electron chi connectivity index (χ2n) is 5.09. The highest BCUT2D eigenvalue weighted by molar-refractivity contribution is 7.89. The molecule has 0 bridgehead atoms. The van der Waals surface area contributed by atoms with Crippen molar-refractivity contribution >= 4 is 10.0 Å². The van der Waals surface area contributed by atoms with Crippen LogP contribution in [0, 0.1) is 12.8 Å². The Hall–Kier alpha value is -0.920. The minimum absolute atomic E-state index is 0.143. The maximum atomic E-state index is 12.7. The van der Waals surface area contributed by atoms with Gasteiger partial charge in [-0.15, -0.1) is 0 Å². The van der Waals surface area contributed by atoms with E-state index < -0.39 is 10.0 Å². The van der Waals surface area contributed by atoms with E-state index >= 15 is 0 Å². The van der Waals surface area contributed by atoms with Crippen LogP contribution in [0.1, 0.15) is 37.6 Å². The van der Waals surface area contributed by atoms with Crippen molar-refractivity contribution in [2.24, 2.45) is 5.92 Å². The largest absolute Gasteiger partial charge is 0.390 e. The van der Waals surface area contributed by atoms with Crippen molar-refractivity contribution in [3.05, 3.63) is 11.4 Å². The summed E-state index contributed by atoms with van der Waals surface area (Å²) in [6.07, 6.45) is 2.98. The number of aliphatic hydroxyl groups excluding tert-OH is 1. The Morgan fingerprint density at radius 1 is 1.47 bits per heavy atom. The number of sulfonamides is 1. The third-order valence-corrected chi connectivity index (χ3v) is 5.41. The Balaban J connectivity index is 2.34. The SMILES string of the molecule is CCCN(CC1CC1)S(=O)(=O)c1c(CO)n[nH]c1C. The molecule has 0 aliphatic heterocycles. The number of nitrogens with zero attached hydrogens (tertiary/aromatic N) is 2. The molecule has 0 saturated heterocycles. The summed E-state index contributed by atoms with van der Waals surface area (Å²) in [7, 11) is -3.57. The van der Waals surface area contributed by atoms with E-state index in [0.29, 0.717) is 24.7 Å². The normalized spacial score (nSPS) is 16.2. The molecular formula is C12H21N3O3S. The van der Waals surface area contributed by atoms with Crippen LogP contribution in [0.4, 0.5) is 0 Å². The molecule has 0 radical (unpaired) electrons. The van der Waals surface area contributed by atoms with Gasteiger partial charge < -0.3 is 5.11 Å². The van der Waals surface area contributed by atoms with Crippen molar-refractivity contribution in [3.8, 4) is 0 Å². The molecule has 1 heterocycles. The van der Waals surface area contributed by atoms with Crippen LogP contribution in [0.15, 0.2) is 4.90 Å². The molecule has 1 aromatic heterocycles. The first-order valence-electron chi connectivity index (χ1n) is 6.65. The number of H-pyrrole nitrogens is 1. The minimum Gasteiger partial charge on any atom is -0.390 e. The molecule has 0 atom stereocenters. The van der Waals surface area contributed by atoms with Gasteiger partial charge >= 0.3 is 0 Å². The molecule has 2 N–H and O–H groups in total. The molecule has 19 heavy (non-hydrogen) atoms. The fourth-order valence-electron chi connectivity index (χ4n) is 2.20. The standard InChI is InChI=1S/C12H21N3O3S/c1-3-6-15(7-10-4-5-10)19(17,18)12-9(2)13-14-11(12)8-16/h10,16H,3-8H2,1-2H3,(H,13,14). The van der Waals surface area contributed by atoms with Crippen LogP contribution in [-0.2, 0) is 16.6 Å². The molecule has 7 heteroatoms. The monoisotopic (exact) mass is 287 g/mol. The van der Waals surface area contributed by atoms with Crippen LogP contribution < -0.4 is 0 Å². The molecule has 0 amide bonds. The quantitative estimate of drug-likeness (QED) is 0.784. The summed E-state index contributed by atoms with van der Waals surface area (Å²) in [5.74, 6) is 0.492. The predicted octanol–water partition coefficient (Wildman–Crippen LogP) is 1.02. The van der Waals surface area contributed by atoms with Gasteiger partial charge in [0.2, 0.25) is 10.0 Å². The number of aryl methyl sites for hydroxylation is 1. The summed E-state index contributed by atoms with van der Waals surface area (Å²) in [6.45, 7) is 4.34. The van der Waals surface area contributed by atoms with Crippen LogP contribution in [0.2, 0.25) is 0 Å². The van der Waals surface area contributed by atoms with Crippen molar-refractivity contribution in [3.63, 3.8) is 0 Å². The van der Waals surface area contributed by atoms with Gasteiger partial charge in [0, 0.05) is 13.1 Å². The van der Waals surface area contributed by atoms with E-state index in [9.17, 15) is 13.5 Å². The van der Waals surface area contributed by atoms with Gasteiger partial charge in [-0.3, -0.25) is 5.10 Å². The smallest absolute Gasteiger partial charge is 0.246 e. The maximum absolute atomic E-state index is 12.7. The van der Waals surface area contributed by atoms with E-state index in [1.807, 2.05) is 6.92 Å². The van der Waals surface area contributed by atoms with Crippen LogP contribution in [0.25, 0.3) is 0 Å². The molecule has 1 aromatic rings. The Kier molecular flexibility index (Phi) is 4.27. The number of hydrogen-bond acceptors (Lipinski definition) is 4. The fourth-order valence-corrected chi connectivity index (χ4v) is 4.12. The van der Waals surface area contributed by atoms with E-state index in [0.717, 1.165) is 19.3 Å². The van der Waals surface area contributed by atoms with Crippen molar-refractivity contribution in [1.29, 1.82) is 0 Å². The maximum Gasteiger partial charge on any atom is 0.246 e. The third kappa shape index (κ3) is 2.98. The lowest BCUT2D eigenvalue weighted by Crippen LogP contribution is -2.34. The average molecular weight is 287 g/mol. The number of aromatic amines is 1. The highest BCUT2D eigenvalue weighted by Gasteiger charge is 2.34. The minimum atomic E-state index is -3.57. The second-order valence-corrected chi connectivity index (χ2v) is 6.96. The molecule has 6 nitrogen and oxygen atoms in total. The molecule has 1 fully saturated rings. The Bertz CT molecular complexity index is 534. The van der Waals surface area contributed by atoms with E-state index in [4.69, 9.17) is 0 Å². The summed E-state index contributed by atoms with van der Waals surface area (Å²) in [5.41, 5.74) is 0.690. The molecular weight excluding hydrogens is 266 g/mol. The van der Waals surface area contributed by atoms with E-state index in [2.05, 4.69) is 10.2 Å². The van der Waals surface area contributed by atoms with Gasteiger partial charge in [0.15, 0.2) is 0 Å². The summed E-state index contributed by atoms with van der Waals surface area (Å²) < 4.78 is 26.9. The van der Waals surface area contributed by atoms with Gasteiger partial charge in [0.05, 0.1) is 12.3 Å². The van der Waals surface area contributed by atoms with E-state index in [-0.39, 0.29) is 17.2 Å². The summed E-state index contributed by atoms with van der Waals surface area (Å²) in [6, 6.07) is 0. The Labute approximate surface area is 113 Å². The van der Waals surface area contributed by atoms with Gasteiger partial charge in [-0.25, -0.2) is 8.42 Å². The fraction of sp³-hybridized carbons (Fsp3) is 0.750. The molecule has 2 rings (SSSR count). The Morgan fingerprint density at radius 3 is 2.68 bits per heavy atom. The topological polar surface area (TPSA) is 86.3 Å². The van der Waals surface area contributed by atoms with Crippen LogP contribution in [-0.4, -0.2) is 41.1 Å². The first-order valence-corrected chi connectivity index (χ1v) is 8.09. The lowest BCUT2D eigenvalue weighted by Gasteiger charge is -2.21. The lowest BCUT2D eigenvalue weighted by molar-refractivity contribution is 0.273. The van der Waals surface area contributed by atoms with Crippen molar-refractivity contribution < 1.29 is 13.5 Å². The average Bonchev–Trinajstić information content (AvgIpc) is 3.09. The van der Waals surface area contributed by atoms with Gasteiger partial charge in [-0.2, -0.15) is 9.40 Å². The summed E-state index contributed by atoms with van der Waals surface area (Å²) >= 11 is 0. The lowest BCUT2D eigenvalue weighted by atomic mass is 10.4. The second kappa shape index (κ2) is 5.60. The number of hydrogen-bond donors (Lipinski definition) is 2. The Morgan fingerprint density at radius 2 is 2.16 bits per heavy atom. The van der Waals surface area contributed by atoms with Gasteiger partial charge in [-0.05, 0) is 32.1 Å². The zero-order valence-electron chi connectivity index (χ0n) is 11.4. The van der Waals surface area contributed by atoms with Crippen molar-refractivity contribution in [1.82, 2.24) is 14.5 Å². The molecule has 0 spiro atoms. The van der Waals surface area contributed by atoms with Crippen molar-refractivity contribution in [2.75, 3.05) is 13.1 Å². The number of nitrogens with one attached hydrogen (secondary N) is 1. The molecule has 0 unspecified atom stereocenters. The van der Waals surface area contributed by atoms with Gasteiger partial charge in [-0.1, -0.05) is 6.92 Å². The van der Waals surface area contributed by atoms with Crippen molar-refractivity contribution in [2.45, 2.75) is 44.6 Å². The molecule has 1 aliphatic rings. The predicted molar refractivity (Wildman–Crippen MR) is 71.0 cm³/mol. The van der Waals surface area contributed by atoms with Crippen LogP contribution in [0.3, 0.4) is 0 Å². The van der Waals surface area contributed by atoms with Gasteiger partial charge in [0.25, 0.3) is 0 Å². The number of aromatic nitrogens is 2. The van der Waals surface area contributed by atoms with Crippen LogP contribution >= 0.6 is 0 Å². The van der Waals surface area contributed by atoms with E-state index in [1.54, 1.807) is 6.92 Å². The van der Waals surface area contributed by atoms with E-state index in [1.165, 1.54) is 4.31 Å². The summed E-state index contributed by atoms with van der Waals surface area (Å²) in [4.78, 5) is 0.143. The molecule has 1 aliphatic carbocycles. The van der Waals surface area contributed by atoms with Crippen LogP contribution in [0.5, 0.6) is 0 Å². The highest BCUT2D eigenvalue weighted by Crippen LogP contribution is 2.32. The first kappa shape index (κ1) is 14.5. The number of rotatable bonds is 7. The molecule has 0 aromatic carbocycles. The third-order valence-electron chi connectivity index (χ3n) is 3.34. The number of aliphatic hydroxyl groups is 1. The highest BCUT2D eigenvalue weighted by atomic mass is 32.2. The molecule has 108 valence electrons. The van der Waals surface area contributed by atoms with Gasteiger partial charge in [0.1, 0.15) is 10.6 Å².